The number of hydrogen-bond acceptors (Lipinski definition) is 9. The van der Waals surface area contributed by atoms with Crippen LogP contribution >= 0.6 is 0 Å². The van der Waals surface area contributed by atoms with Gasteiger partial charge in [0.1, 0.15) is 6.04 Å². The molecule has 2 saturated heterocycles. The highest BCUT2D eigenvalue weighted by Crippen LogP contribution is 2.33. The Hall–Kier alpha value is -4.51. The normalized spacial score (nSPS) is 25.6. The van der Waals surface area contributed by atoms with Crippen molar-refractivity contribution < 1.29 is 42.9 Å². The van der Waals surface area contributed by atoms with Crippen LogP contribution < -0.4 is 5.32 Å². The lowest BCUT2D eigenvalue weighted by Crippen LogP contribution is -2.77. The Morgan fingerprint density at radius 1 is 0.878 bits per heavy atom. The van der Waals surface area contributed by atoms with Gasteiger partial charge < -0.3 is 29.2 Å². The summed E-state index contributed by atoms with van der Waals surface area (Å²) in [5.74, 6) is -2.89. The van der Waals surface area contributed by atoms with E-state index in [1.807, 2.05) is 66.7 Å². The maximum absolute atomic E-state index is 13.6. The van der Waals surface area contributed by atoms with Gasteiger partial charge in [0, 0.05) is 20.8 Å². The Kier molecular flexibility index (Phi) is 9.51. The Balaban J connectivity index is 1.63. The molecule has 4 rings (SSSR count). The highest BCUT2D eigenvalue weighted by molar-refractivity contribution is 5.95. The van der Waals surface area contributed by atoms with Crippen molar-refractivity contribution in [1.82, 2.24) is 10.2 Å². The fourth-order valence-electron chi connectivity index (χ4n) is 4.96. The molecule has 0 spiro atoms. The molecule has 0 bridgehead atoms. The van der Waals surface area contributed by atoms with Crippen molar-refractivity contribution in [2.24, 2.45) is 0 Å². The first-order valence-corrected chi connectivity index (χ1v) is 13.2. The molecule has 216 valence electrons. The van der Waals surface area contributed by atoms with Crippen LogP contribution in [-0.4, -0.2) is 77.9 Å². The molecule has 41 heavy (non-hydrogen) atoms. The molecule has 0 saturated carbocycles. The second-order valence-corrected chi connectivity index (χ2v) is 9.74. The number of hydrogen-bond donors (Lipinski definition) is 1. The first kappa shape index (κ1) is 29.5. The van der Waals surface area contributed by atoms with E-state index in [1.165, 1.54) is 11.8 Å². The van der Waals surface area contributed by atoms with Crippen LogP contribution in [0.1, 0.15) is 31.9 Å². The largest absolute Gasteiger partial charge is 0.456 e. The number of carbonyl (C=O) groups excluding carboxylic acids is 5. The first-order valence-electron chi connectivity index (χ1n) is 13.2. The van der Waals surface area contributed by atoms with E-state index < -0.39 is 60.4 Å². The summed E-state index contributed by atoms with van der Waals surface area (Å²) in [5, 5.41) is 2.82. The number of likely N-dealkylation sites (tertiary alicyclic amines) is 1. The summed E-state index contributed by atoms with van der Waals surface area (Å²) in [5.41, 5.74) is 1.66. The Morgan fingerprint density at radius 3 is 2.07 bits per heavy atom. The maximum Gasteiger partial charge on any atom is 0.305 e. The van der Waals surface area contributed by atoms with Gasteiger partial charge >= 0.3 is 17.9 Å². The van der Waals surface area contributed by atoms with Gasteiger partial charge in [0.2, 0.25) is 24.2 Å². The van der Waals surface area contributed by atoms with Gasteiger partial charge in [0.25, 0.3) is 0 Å². The van der Waals surface area contributed by atoms with Crippen LogP contribution in [0.3, 0.4) is 0 Å². The van der Waals surface area contributed by atoms with Gasteiger partial charge in [-0.1, -0.05) is 72.8 Å². The van der Waals surface area contributed by atoms with E-state index in [0.29, 0.717) is 0 Å². The molecule has 6 atom stereocenters. The van der Waals surface area contributed by atoms with Gasteiger partial charge in [-0.25, -0.2) is 0 Å². The lowest BCUT2D eigenvalue weighted by molar-refractivity contribution is -0.267. The number of esters is 3. The van der Waals surface area contributed by atoms with Gasteiger partial charge in [-0.15, -0.1) is 0 Å². The molecule has 11 heteroatoms. The molecule has 2 aromatic carbocycles. The molecular formula is C30H32N2O9. The molecule has 0 radical (unpaired) electrons. The molecule has 0 aliphatic carbocycles. The minimum Gasteiger partial charge on any atom is -0.456 e. The van der Waals surface area contributed by atoms with Crippen molar-refractivity contribution in [2.45, 2.75) is 63.8 Å². The van der Waals surface area contributed by atoms with Crippen LogP contribution in [-0.2, 0) is 49.3 Å². The number of nitrogens with one attached hydrogen (secondary N) is 1. The Bertz CT molecular complexity index is 1300. The summed E-state index contributed by atoms with van der Waals surface area (Å²) in [7, 11) is 0. The molecule has 2 aromatic rings. The molecule has 2 unspecified atom stereocenters. The predicted molar refractivity (Wildman–Crippen MR) is 145 cm³/mol. The van der Waals surface area contributed by atoms with E-state index in [0.717, 1.165) is 25.0 Å². The number of ether oxygens (including phenoxy) is 4. The first-order chi connectivity index (χ1) is 19.6. The zero-order chi connectivity index (χ0) is 29.5. The highest BCUT2D eigenvalue weighted by atomic mass is 16.7. The molecule has 2 fully saturated rings. The summed E-state index contributed by atoms with van der Waals surface area (Å²) in [4.78, 5) is 63.7. The van der Waals surface area contributed by atoms with Gasteiger partial charge in [-0.2, -0.15) is 0 Å². The van der Waals surface area contributed by atoms with Crippen LogP contribution in [0.2, 0.25) is 0 Å². The molecule has 2 heterocycles. The van der Waals surface area contributed by atoms with E-state index >= 15 is 0 Å². The van der Waals surface area contributed by atoms with Crippen LogP contribution in [0.5, 0.6) is 0 Å². The van der Waals surface area contributed by atoms with Gasteiger partial charge in [-0.3, -0.25) is 24.0 Å². The lowest BCUT2D eigenvalue weighted by atomic mass is 9.87. The van der Waals surface area contributed by atoms with Crippen molar-refractivity contribution in [3.05, 3.63) is 77.9 Å². The third-order valence-corrected chi connectivity index (χ3v) is 6.64. The molecule has 2 aliphatic rings. The summed E-state index contributed by atoms with van der Waals surface area (Å²) in [6, 6.07) is 16.0. The quantitative estimate of drug-likeness (QED) is 0.274. The van der Waals surface area contributed by atoms with E-state index in [1.54, 1.807) is 6.08 Å². The third-order valence-electron chi connectivity index (χ3n) is 6.64. The van der Waals surface area contributed by atoms with Crippen molar-refractivity contribution in [2.75, 3.05) is 6.61 Å². The van der Waals surface area contributed by atoms with Crippen LogP contribution in [0.4, 0.5) is 0 Å². The Morgan fingerprint density at radius 2 is 1.46 bits per heavy atom. The number of benzene rings is 2. The molecule has 0 aromatic heterocycles. The predicted octanol–water partition coefficient (Wildman–Crippen LogP) is 1.79. The average molecular weight is 565 g/mol. The lowest BCUT2D eigenvalue weighted by Gasteiger charge is -2.53. The molecule has 1 N–H and O–H groups in total. The van der Waals surface area contributed by atoms with Crippen molar-refractivity contribution in [3.8, 4) is 0 Å². The van der Waals surface area contributed by atoms with Crippen LogP contribution in [0.15, 0.2) is 66.7 Å². The summed E-state index contributed by atoms with van der Waals surface area (Å²) >= 11 is 0. The summed E-state index contributed by atoms with van der Waals surface area (Å²) in [6.07, 6.45) is -0.233. The van der Waals surface area contributed by atoms with Crippen molar-refractivity contribution >= 4 is 35.8 Å². The second kappa shape index (κ2) is 13.2. The van der Waals surface area contributed by atoms with E-state index in [9.17, 15) is 24.0 Å². The van der Waals surface area contributed by atoms with E-state index in [2.05, 4.69) is 5.32 Å². The van der Waals surface area contributed by atoms with Crippen molar-refractivity contribution in [3.63, 3.8) is 0 Å². The Labute approximate surface area is 237 Å². The van der Waals surface area contributed by atoms with E-state index in [-0.39, 0.29) is 18.9 Å². The highest BCUT2D eigenvalue weighted by Gasteiger charge is 2.57. The summed E-state index contributed by atoms with van der Waals surface area (Å²) in [6.45, 7) is 3.29. The van der Waals surface area contributed by atoms with Crippen LogP contribution in [0.25, 0.3) is 6.08 Å². The smallest absolute Gasteiger partial charge is 0.305 e. The zero-order valence-electron chi connectivity index (χ0n) is 22.9. The molecule has 2 aliphatic heterocycles. The number of carbonyl (C=O) groups is 5. The number of nitrogens with zero attached hydrogens (tertiary/aromatic N) is 1. The fraction of sp³-hybridized carbons (Fsp3) is 0.367. The number of β-lactam (4-membered cyclic amide) rings is 1. The summed E-state index contributed by atoms with van der Waals surface area (Å²) < 4.78 is 21.8. The standard InChI is InChI=1S/C30H32N2O9/c1-18(33)39-27-24(17-38-30(41-20(3)35)28(27)40-19(2)34)32-23(15-14-21-10-6-4-7-11-21)26(29(32)37)31-25(36)16-22-12-8-5-9-13-22/h4-15,23-24,26-28,30H,16-17H2,1-3H3,(H,31,36)/b15-14+/t23?,24-,26?,27+,28-,30-/m1/s1. The number of rotatable bonds is 9. The SMILES string of the molecule is CC(=O)O[C@H]1OC[C@@H](N2C(=O)C(NC(=O)Cc3ccccc3)C2/C=C/c2ccccc2)[C@H](OC(C)=O)[C@H]1OC(C)=O. The molecular weight excluding hydrogens is 532 g/mol. The van der Waals surface area contributed by atoms with Crippen molar-refractivity contribution in [1.29, 1.82) is 0 Å². The van der Waals surface area contributed by atoms with Gasteiger partial charge in [-0.05, 0) is 11.1 Å². The third kappa shape index (κ3) is 7.37. The maximum atomic E-state index is 13.6. The number of amides is 2. The fourth-order valence-corrected chi connectivity index (χ4v) is 4.96. The second-order valence-electron chi connectivity index (χ2n) is 9.74. The average Bonchev–Trinajstić information content (AvgIpc) is 2.92. The minimum atomic E-state index is -1.35. The molecule has 2 amide bonds. The van der Waals surface area contributed by atoms with Gasteiger partial charge in [0.15, 0.2) is 6.10 Å². The minimum absolute atomic E-state index is 0.0843. The topological polar surface area (TPSA) is 138 Å². The monoisotopic (exact) mass is 564 g/mol. The zero-order valence-corrected chi connectivity index (χ0v) is 22.9. The van der Waals surface area contributed by atoms with Gasteiger partial charge in [0.05, 0.1) is 25.1 Å². The molecule has 11 nitrogen and oxygen atoms in total. The van der Waals surface area contributed by atoms with E-state index in [4.69, 9.17) is 18.9 Å². The van der Waals surface area contributed by atoms with Crippen LogP contribution in [0, 0.1) is 0 Å².